The van der Waals surface area contributed by atoms with E-state index in [9.17, 15) is 13.6 Å². The molecular formula is C17H19F2N3O. The van der Waals surface area contributed by atoms with Gasteiger partial charge in [0.2, 0.25) is 5.91 Å². The second-order valence-corrected chi connectivity index (χ2v) is 6.03. The molecule has 1 aliphatic rings. The Balaban J connectivity index is 1.68. The van der Waals surface area contributed by atoms with Crippen molar-refractivity contribution in [2.75, 3.05) is 0 Å². The minimum absolute atomic E-state index is 0.116. The zero-order valence-corrected chi connectivity index (χ0v) is 13.1. The van der Waals surface area contributed by atoms with Gasteiger partial charge in [-0.25, -0.2) is 8.78 Å². The third-order valence-electron chi connectivity index (χ3n) is 4.34. The minimum atomic E-state index is -0.520. The smallest absolute Gasteiger partial charge is 0.224 e. The maximum absolute atomic E-state index is 13.9. The van der Waals surface area contributed by atoms with Crippen LogP contribution in [0.3, 0.4) is 0 Å². The number of rotatable bonds is 5. The molecule has 0 radical (unpaired) electrons. The number of hydrogen-bond acceptors (Lipinski definition) is 2. The third kappa shape index (κ3) is 3.25. The Labute approximate surface area is 133 Å². The number of carbonyl (C=O) groups is 1. The zero-order chi connectivity index (χ0) is 16.6. The SMILES string of the molecule is CC[C@H](NC(=O)[C@@H]1C[C@H]1c1cnn(C)c1)c1cc(F)ccc1F. The topological polar surface area (TPSA) is 46.9 Å². The van der Waals surface area contributed by atoms with Crippen molar-refractivity contribution in [1.29, 1.82) is 0 Å². The molecule has 1 aromatic carbocycles. The van der Waals surface area contributed by atoms with Crippen LogP contribution >= 0.6 is 0 Å². The summed E-state index contributed by atoms with van der Waals surface area (Å²) in [7, 11) is 1.83. The Kier molecular flexibility index (Phi) is 4.15. The molecule has 0 saturated heterocycles. The van der Waals surface area contributed by atoms with Gasteiger partial charge in [0.15, 0.2) is 0 Å². The van der Waals surface area contributed by atoms with Crippen LogP contribution in [0.2, 0.25) is 0 Å². The van der Waals surface area contributed by atoms with E-state index in [1.54, 1.807) is 10.9 Å². The molecule has 0 unspecified atom stereocenters. The molecule has 0 spiro atoms. The maximum atomic E-state index is 13.9. The lowest BCUT2D eigenvalue weighted by molar-refractivity contribution is -0.123. The van der Waals surface area contributed by atoms with Crippen LogP contribution in [0.1, 0.15) is 42.9 Å². The highest BCUT2D eigenvalue weighted by Gasteiger charge is 2.45. The first-order chi connectivity index (χ1) is 11.0. The number of nitrogens with zero attached hydrogens (tertiary/aromatic N) is 2. The van der Waals surface area contributed by atoms with Crippen molar-refractivity contribution in [3.05, 3.63) is 53.4 Å². The number of carbonyl (C=O) groups excluding carboxylic acids is 1. The van der Waals surface area contributed by atoms with Crippen LogP contribution in [-0.4, -0.2) is 15.7 Å². The van der Waals surface area contributed by atoms with Gasteiger partial charge in [0, 0.05) is 24.7 Å². The summed E-state index contributed by atoms with van der Waals surface area (Å²) in [5.41, 5.74) is 1.23. The predicted octanol–water partition coefficient (Wildman–Crippen LogP) is 3.07. The molecule has 122 valence electrons. The summed E-state index contributed by atoms with van der Waals surface area (Å²) in [4.78, 5) is 12.4. The van der Waals surface area contributed by atoms with Gasteiger partial charge in [0.05, 0.1) is 12.2 Å². The first-order valence-corrected chi connectivity index (χ1v) is 7.73. The van der Waals surface area contributed by atoms with Crippen molar-refractivity contribution in [2.45, 2.75) is 31.7 Å². The average molecular weight is 319 g/mol. The van der Waals surface area contributed by atoms with Crippen LogP contribution in [0.4, 0.5) is 8.78 Å². The van der Waals surface area contributed by atoms with E-state index in [0.29, 0.717) is 6.42 Å². The Morgan fingerprint density at radius 2 is 2.26 bits per heavy atom. The van der Waals surface area contributed by atoms with Crippen molar-refractivity contribution < 1.29 is 13.6 Å². The Hall–Kier alpha value is -2.24. The molecule has 1 fully saturated rings. The van der Waals surface area contributed by atoms with E-state index in [0.717, 1.165) is 30.2 Å². The number of amides is 1. The Morgan fingerprint density at radius 3 is 2.91 bits per heavy atom. The van der Waals surface area contributed by atoms with Gasteiger partial charge < -0.3 is 5.32 Å². The standard InChI is InChI=1S/C17H19F2N3O/c1-3-16(14-6-11(18)4-5-15(14)19)21-17(23)13-7-12(13)10-8-20-22(2)9-10/h4-6,8-9,12-13,16H,3,7H2,1-2H3,(H,21,23)/t12-,13+,16-/m0/s1. The molecule has 2 aromatic rings. The largest absolute Gasteiger partial charge is 0.349 e. The molecule has 1 N–H and O–H groups in total. The fourth-order valence-corrected chi connectivity index (χ4v) is 2.94. The van der Waals surface area contributed by atoms with Gasteiger partial charge >= 0.3 is 0 Å². The quantitative estimate of drug-likeness (QED) is 0.920. The first-order valence-electron chi connectivity index (χ1n) is 7.73. The number of aromatic nitrogens is 2. The van der Waals surface area contributed by atoms with E-state index in [1.807, 2.05) is 20.2 Å². The van der Waals surface area contributed by atoms with E-state index < -0.39 is 17.7 Å². The molecule has 1 amide bonds. The second kappa shape index (κ2) is 6.10. The molecule has 1 heterocycles. The maximum Gasteiger partial charge on any atom is 0.224 e. The molecular weight excluding hydrogens is 300 g/mol. The summed E-state index contributed by atoms with van der Waals surface area (Å²) in [5, 5.41) is 6.96. The number of benzene rings is 1. The molecule has 1 aromatic heterocycles. The van der Waals surface area contributed by atoms with Crippen LogP contribution in [-0.2, 0) is 11.8 Å². The van der Waals surface area contributed by atoms with Gasteiger partial charge in [0.1, 0.15) is 11.6 Å². The lowest BCUT2D eigenvalue weighted by Gasteiger charge is -2.18. The van der Waals surface area contributed by atoms with Crippen LogP contribution in [0, 0.1) is 17.6 Å². The minimum Gasteiger partial charge on any atom is -0.349 e. The predicted molar refractivity (Wildman–Crippen MR) is 81.6 cm³/mol. The molecule has 3 atom stereocenters. The number of halogens is 2. The van der Waals surface area contributed by atoms with Gasteiger partial charge in [-0.2, -0.15) is 5.10 Å². The Morgan fingerprint density at radius 1 is 1.48 bits per heavy atom. The summed E-state index contributed by atoms with van der Waals surface area (Å²) in [6.07, 6.45) is 4.93. The van der Waals surface area contributed by atoms with Crippen LogP contribution < -0.4 is 5.32 Å². The Bertz CT molecular complexity index is 728. The van der Waals surface area contributed by atoms with Crippen molar-refractivity contribution in [3.8, 4) is 0 Å². The fraction of sp³-hybridized carbons (Fsp3) is 0.412. The molecule has 0 bridgehead atoms. The summed E-state index contributed by atoms with van der Waals surface area (Å²) in [5.74, 6) is -1.08. The number of hydrogen-bond donors (Lipinski definition) is 1. The molecule has 6 heteroatoms. The van der Waals surface area contributed by atoms with E-state index in [4.69, 9.17) is 0 Å². The first kappa shape index (κ1) is 15.6. The molecule has 1 saturated carbocycles. The van der Waals surface area contributed by atoms with Gasteiger partial charge in [-0.1, -0.05) is 6.92 Å². The van der Waals surface area contributed by atoms with E-state index in [2.05, 4.69) is 10.4 Å². The highest BCUT2D eigenvalue weighted by atomic mass is 19.1. The van der Waals surface area contributed by atoms with Crippen LogP contribution in [0.15, 0.2) is 30.6 Å². The highest BCUT2D eigenvalue weighted by molar-refractivity contribution is 5.83. The molecule has 23 heavy (non-hydrogen) atoms. The second-order valence-electron chi connectivity index (χ2n) is 6.03. The number of aryl methyl sites for hydroxylation is 1. The van der Waals surface area contributed by atoms with E-state index >= 15 is 0 Å². The summed E-state index contributed by atoms with van der Waals surface area (Å²) >= 11 is 0. The highest BCUT2D eigenvalue weighted by Crippen LogP contribution is 2.47. The third-order valence-corrected chi connectivity index (χ3v) is 4.34. The molecule has 0 aliphatic heterocycles. The van der Waals surface area contributed by atoms with Crippen LogP contribution in [0.5, 0.6) is 0 Å². The van der Waals surface area contributed by atoms with Crippen molar-refractivity contribution >= 4 is 5.91 Å². The summed E-state index contributed by atoms with van der Waals surface area (Å²) in [6, 6.07) is 2.80. The van der Waals surface area contributed by atoms with Gasteiger partial charge in [-0.3, -0.25) is 9.48 Å². The lowest BCUT2D eigenvalue weighted by atomic mass is 10.0. The van der Waals surface area contributed by atoms with Gasteiger partial charge in [-0.05, 0) is 42.5 Å². The summed E-state index contributed by atoms with van der Waals surface area (Å²) in [6.45, 7) is 1.83. The normalized spacial score (nSPS) is 21.0. The van der Waals surface area contributed by atoms with E-state index in [-0.39, 0.29) is 23.3 Å². The monoisotopic (exact) mass is 319 g/mol. The lowest BCUT2D eigenvalue weighted by Crippen LogP contribution is -2.30. The van der Waals surface area contributed by atoms with Gasteiger partial charge in [0.25, 0.3) is 0 Å². The molecule has 1 aliphatic carbocycles. The van der Waals surface area contributed by atoms with Crippen molar-refractivity contribution in [2.24, 2.45) is 13.0 Å². The van der Waals surface area contributed by atoms with Crippen molar-refractivity contribution in [1.82, 2.24) is 15.1 Å². The van der Waals surface area contributed by atoms with Gasteiger partial charge in [-0.15, -0.1) is 0 Å². The van der Waals surface area contributed by atoms with Crippen molar-refractivity contribution in [3.63, 3.8) is 0 Å². The van der Waals surface area contributed by atoms with E-state index in [1.165, 1.54) is 0 Å². The fourth-order valence-electron chi connectivity index (χ4n) is 2.94. The summed E-state index contributed by atoms with van der Waals surface area (Å²) < 4.78 is 28.9. The molecule has 4 nitrogen and oxygen atoms in total. The number of nitrogens with one attached hydrogen (secondary N) is 1. The molecule has 3 rings (SSSR count). The zero-order valence-electron chi connectivity index (χ0n) is 13.1. The average Bonchev–Trinajstić information content (AvgIpc) is 3.22. The van der Waals surface area contributed by atoms with Crippen LogP contribution in [0.25, 0.3) is 0 Å².